The normalized spacial score (nSPS) is 10.6. The van der Waals surface area contributed by atoms with Gasteiger partial charge in [0.25, 0.3) is 0 Å². The van der Waals surface area contributed by atoms with Crippen LogP contribution in [0.25, 0.3) is 11.2 Å². The third-order valence-electron chi connectivity index (χ3n) is 5.49. The second-order valence-electron chi connectivity index (χ2n) is 7.98. The average molecular weight is 521 g/mol. The molecule has 192 valence electrons. The summed E-state index contributed by atoms with van der Waals surface area (Å²) < 4.78 is 17.5. The maximum atomic E-state index is 12.6. The van der Waals surface area contributed by atoms with Gasteiger partial charge in [0.2, 0.25) is 5.75 Å². The van der Waals surface area contributed by atoms with E-state index in [-0.39, 0.29) is 6.03 Å². The van der Waals surface area contributed by atoms with Gasteiger partial charge in [0.15, 0.2) is 23.0 Å². The zero-order chi connectivity index (χ0) is 26.2. The number of rotatable bonds is 10. The number of hydrogen-bond acceptors (Lipinski definition) is 9. The van der Waals surface area contributed by atoms with Crippen LogP contribution in [0.5, 0.6) is 17.2 Å². The van der Waals surface area contributed by atoms with Crippen molar-refractivity contribution in [3.63, 3.8) is 0 Å². The smallest absolute Gasteiger partial charge is 0.332 e. The Bertz CT molecular complexity index is 1350. The predicted molar refractivity (Wildman–Crippen MR) is 146 cm³/mol. The van der Waals surface area contributed by atoms with Crippen LogP contribution in [0.2, 0.25) is 0 Å². The minimum atomic E-state index is -0.372. The Morgan fingerprint density at radius 2 is 1.65 bits per heavy atom. The fourth-order valence-electron chi connectivity index (χ4n) is 3.68. The van der Waals surface area contributed by atoms with Gasteiger partial charge in [-0.1, -0.05) is 43.1 Å². The monoisotopic (exact) mass is 520 g/mol. The van der Waals surface area contributed by atoms with Crippen LogP contribution in [0, 0.1) is 0 Å². The van der Waals surface area contributed by atoms with Gasteiger partial charge in [0.1, 0.15) is 11.3 Å². The van der Waals surface area contributed by atoms with Crippen LogP contribution in [0.4, 0.5) is 22.1 Å². The summed E-state index contributed by atoms with van der Waals surface area (Å²) in [5.41, 5.74) is 2.83. The number of aryl methyl sites for hydroxylation is 1. The largest absolute Gasteiger partial charge is 0.493 e. The zero-order valence-corrected chi connectivity index (χ0v) is 21.7. The molecule has 2 heterocycles. The number of thiol groups is 1. The summed E-state index contributed by atoms with van der Waals surface area (Å²) in [4.78, 5) is 26.0. The van der Waals surface area contributed by atoms with Crippen LogP contribution in [-0.2, 0) is 6.42 Å². The Hall–Kier alpha value is -4.25. The van der Waals surface area contributed by atoms with Crippen molar-refractivity contribution in [2.45, 2.75) is 12.8 Å². The lowest BCUT2D eigenvalue weighted by molar-refractivity contribution is 0.238. The molecule has 0 aliphatic carbocycles. The minimum Gasteiger partial charge on any atom is -0.493 e. The van der Waals surface area contributed by atoms with Crippen molar-refractivity contribution >= 4 is 47.3 Å². The molecule has 4 aromatic rings. The van der Waals surface area contributed by atoms with Gasteiger partial charge in [-0.05, 0) is 30.5 Å². The molecule has 0 unspecified atom stereocenters. The van der Waals surface area contributed by atoms with E-state index in [0.29, 0.717) is 52.3 Å². The molecule has 0 aliphatic heterocycles. The molecule has 2 amide bonds. The Morgan fingerprint density at radius 1 is 0.946 bits per heavy atom. The van der Waals surface area contributed by atoms with E-state index in [1.807, 2.05) is 18.2 Å². The first-order chi connectivity index (χ1) is 18.0. The average Bonchev–Trinajstić information content (AvgIpc) is 2.92. The van der Waals surface area contributed by atoms with Gasteiger partial charge in [-0.25, -0.2) is 19.7 Å². The molecule has 0 saturated carbocycles. The molecule has 11 heteroatoms. The first-order valence-corrected chi connectivity index (χ1v) is 11.9. The van der Waals surface area contributed by atoms with Crippen molar-refractivity contribution in [1.29, 1.82) is 0 Å². The molecule has 0 spiro atoms. The van der Waals surface area contributed by atoms with Crippen LogP contribution in [0.3, 0.4) is 0 Å². The molecule has 0 atom stereocenters. The van der Waals surface area contributed by atoms with E-state index in [2.05, 4.69) is 50.5 Å². The second kappa shape index (κ2) is 12.1. The Morgan fingerprint density at radius 3 is 2.32 bits per heavy atom. The summed E-state index contributed by atoms with van der Waals surface area (Å²) in [6.45, 7) is 0.486. The lowest BCUT2D eigenvalue weighted by Gasteiger charge is -2.16. The summed E-state index contributed by atoms with van der Waals surface area (Å²) in [6.07, 6.45) is 3.23. The number of urea groups is 1. The number of carbonyl (C=O) groups excluding carboxylic acids is 1. The Balaban J connectivity index is 1.43. The topological polar surface area (TPSA) is 111 Å². The summed E-state index contributed by atoms with van der Waals surface area (Å²) in [7, 11) is 4.64. The van der Waals surface area contributed by atoms with Crippen molar-refractivity contribution < 1.29 is 19.0 Å². The SMILES string of the molecule is COc1cc(Nc2cnc3ccc(NC(=O)N(S)CCCc4ccccc4)nc3n2)cc(OC)c1OC. The van der Waals surface area contributed by atoms with E-state index < -0.39 is 0 Å². The van der Waals surface area contributed by atoms with Crippen LogP contribution < -0.4 is 24.8 Å². The molecular formula is C26H28N6O4S. The number of nitrogens with one attached hydrogen (secondary N) is 2. The van der Waals surface area contributed by atoms with Gasteiger partial charge < -0.3 is 19.5 Å². The maximum Gasteiger partial charge on any atom is 0.332 e. The molecule has 0 bridgehead atoms. The molecule has 0 aliphatic rings. The van der Waals surface area contributed by atoms with E-state index in [1.54, 1.807) is 51.8 Å². The molecule has 0 fully saturated rings. The van der Waals surface area contributed by atoms with Gasteiger partial charge >= 0.3 is 6.03 Å². The lowest BCUT2D eigenvalue weighted by atomic mass is 10.1. The van der Waals surface area contributed by atoms with Crippen LogP contribution in [0.15, 0.2) is 60.8 Å². The van der Waals surface area contributed by atoms with Crippen molar-refractivity contribution in [2.24, 2.45) is 0 Å². The van der Waals surface area contributed by atoms with E-state index in [4.69, 9.17) is 14.2 Å². The first-order valence-electron chi connectivity index (χ1n) is 11.5. The number of carbonyl (C=O) groups is 1. The number of hydrogen-bond donors (Lipinski definition) is 3. The molecule has 37 heavy (non-hydrogen) atoms. The van der Waals surface area contributed by atoms with Gasteiger partial charge in [-0.3, -0.25) is 9.62 Å². The highest BCUT2D eigenvalue weighted by Crippen LogP contribution is 2.40. The maximum absolute atomic E-state index is 12.6. The molecule has 2 aromatic heterocycles. The minimum absolute atomic E-state index is 0.346. The highest BCUT2D eigenvalue weighted by Gasteiger charge is 2.15. The van der Waals surface area contributed by atoms with Crippen LogP contribution in [0.1, 0.15) is 12.0 Å². The Kier molecular flexibility index (Phi) is 8.47. The number of anilines is 3. The third-order valence-corrected chi connectivity index (χ3v) is 5.87. The fraction of sp³-hybridized carbons (Fsp3) is 0.231. The molecule has 2 aromatic carbocycles. The molecule has 0 radical (unpaired) electrons. The van der Waals surface area contributed by atoms with Gasteiger partial charge in [0, 0.05) is 24.4 Å². The van der Waals surface area contributed by atoms with Crippen molar-refractivity contribution in [2.75, 3.05) is 38.5 Å². The third kappa shape index (κ3) is 6.50. The standard InChI is InChI=1S/C26H28N6O4S/c1-34-20-14-18(15-21(35-2)24(20)36-3)28-23-16-27-19-11-12-22(29-25(19)30-23)31-26(33)32(37)13-7-10-17-8-5-4-6-9-17/h4-6,8-9,11-12,14-16,37H,7,10,13H2,1-3H3,(H2,28,29,30,31,33). The highest BCUT2D eigenvalue weighted by molar-refractivity contribution is 7.78. The first kappa shape index (κ1) is 25.8. The van der Waals surface area contributed by atoms with Crippen LogP contribution >= 0.6 is 12.8 Å². The van der Waals surface area contributed by atoms with E-state index >= 15 is 0 Å². The van der Waals surface area contributed by atoms with Crippen LogP contribution in [-0.4, -0.2) is 53.2 Å². The summed E-state index contributed by atoms with van der Waals surface area (Å²) in [5, 5.41) is 5.93. The van der Waals surface area contributed by atoms with Crippen molar-refractivity contribution in [1.82, 2.24) is 19.3 Å². The molecule has 4 rings (SSSR count). The number of nitrogens with zero attached hydrogens (tertiary/aromatic N) is 4. The predicted octanol–water partition coefficient (Wildman–Crippen LogP) is 5.11. The number of aromatic nitrogens is 3. The highest BCUT2D eigenvalue weighted by atomic mass is 32.1. The number of methoxy groups -OCH3 is 3. The molecule has 2 N–H and O–H groups in total. The second-order valence-corrected chi connectivity index (χ2v) is 8.46. The lowest BCUT2D eigenvalue weighted by Crippen LogP contribution is -2.28. The van der Waals surface area contributed by atoms with Gasteiger partial charge in [-0.2, -0.15) is 0 Å². The molecular weight excluding hydrogens is 492 g/mol. The quantitative estimate of drug-likeness (QED) is 0.248. The number of benzene rings is 2. The molecule has 0 saturated heterocycles. The fourth-order valence-corrected chi connectivity index (χ4v) is 3.87. The number of fused-ring (bicyclic) bond motifs is 1. The van der Waals surface area contributed by atoms with E-state index in [0.717, 1.165) is 12.8 Å². The summed E-state index contributed by atoms with van der Waals surface area (Å²) >= 11 is 4.32. The Labute approximate surface area is 220 Å². The number of ether oxygens (including phenoxy) is 3. The number of amides is 2. The van der Waals surface area contributed by atoms with Crippen molar-refractivity contribution in [3.05, 3.63) is 66.4 Å². The summed E-state index contributed by atoms with van der Waals surface area (Å²) in [6, 6.07) is 16.7. The zero-order valence-electron chi connectivity index (χ0n) is 20.8. The van der Waals surface area contributed by atoms with E-state index in [1.165, 1.54) is 9.87 Å². The molecule has 10 nitrogen and oxygen atoms in total. The van der Waals surface area contributed by atoms with E-state index in [9.17, 15) is 4.79 Å². The van der Waals surface area contributed by atoms with Gasteiger partial charge in [0.05, 0.1) is 27.5 Å². The number of pyridine rings is 1. The van der Waals surface area contributed by atoms with Gasteiger partial charge in [-0.15, -0.1) is 0 Å². The van der Waals surface area contributed by atoms with Crippen molar-refractivity contribution in [3.8, 4) is 17.2 Å². The summed E-state index contributed by atoms with van der Waals surface area (Å²) in [5.74, 6) is 2.29.